The van der Waals surface area contributed by atoms with E-state index in [-0.39, 0.29) is 12.5 Å². The average Bonchev–Trinajstić information content (AvgIpc) is 2.69. The van der Waals surface area contributed by atoms with Crippen molar-refractivity contribution in [3.63, 3.8) is 0 Å². The van der Waals surface area contributed by atoms with Crippen molar-refractivity contribution < 1.29 is 19.2 Å². The van der Waals surface area contributed by atoms with Crippen LogP contribution in [0, 0.1) is 0 Å². The van der Waals surface area contributed by atoms with Crippen LogP contribution >= 0.6 is 0 Å². The summed E-state index contributed by atoms with van der Waals surface area (Å²) in [5, 5.41) is 5.33. The molecule has 0 radical (unpaired) electrons. The van der Waals surface area contributed by atoms with E-state index in [2.05, 4.69) is 10.6 Å². The molecule has 0 saturated carbocycles. The zero-order valence-electron chi connectivity index (χ0n) is 12.5. The molecular formula is C16H17N3O4. The van der Waals surface area contributed by atoms with Crippen LogP contribution in [-0.4, -0.2) is 47.7 Å². The summed E-state index contributed by atoms with van der Waals surface area (Å²) in [7, 11) is 0. The average molecular weight is 315 g/mol. The van der Waals surface area contributed by atoms with E-state index in [0.717, 1.165) is 17.7 Å². The highest BCUT2D eigenvalue weighted by Gasteiger charge is 2.36. The summed E-state index contributed by atoms with van der Waals surface area (Å²) in [6, 6.07) is 5.85. The topological polar surface area (TPSA) is 95.6 Å². The molecule has 0 bridgehead atoms. The van der Waals surface area contributed by atoms with E-state index in [4.69, 9.17) is 0 Å². The molecule has 23 heavy (non-hydrogen) atoms. The van der Waals surface area contributed by atoms with Crippen LogP contribution < -0.4 is 10.6 Å². The van der Waals surface area contributed by atoms with Gasteiger partial charge in [0, 0.05) is 6.54 Å². The fourth-order valence-electron chi connectivity index (χ4n) is 2.84. The van der Waals surface area contributed by atoms with Crippen molar-refractivity contribution in [3.8, 4) is 0 Å². The maximum atomic E-state index is 12.2. The standard InChI is InChI=1S/C16H17N3O4/c20-13(18-12-7-3-4-8-17-14(12)21)9-19-15(22)10-5-1-2-6-11(10)16(19)23/h1-2,5-6,12H,3-4,7-9H2,(H,17,21)(H,18,20). The van der Waals surface area contributed by atoms with Crippen LogP contribution in [0.2, 0.25) is 0 Å². The van der Waals surface area contributed by atoms with Gasteiger partial charge in [-0.1, -0.05) is 12.1 Å². The van der Waals surface area contributed by atoms with Gasteiger partial charge in [-0.15, -0.1) is 0 Å². The Hall–Kier alpha value is -2.70. The Morgan fingerprint density at radius 1 is 1.13 bits per heavy atom. The van der Waals surface area contributed by atoms with Crippen LogP contribution in [0.4, 0.5) is 0 Å². The molecular weight excluding hydrogens is 298 g/mol. The number of hydrogen-bond donors (Lipinski definition) is 2. The third-order valence-electron chi connectivity index (χ3n) is 4.05. The van der Waals surface area contributed by atoms with Crippen molar-refractivity contribution in [1.29, 1.82) is 0 Å². The van der Waals surface area contributed by atoms with Gasteiger partial charge < -0.3 is 10.6 Å². The molecule has 7 heteroatoms. The van der Waals surface area contributed by atoms with Crippen molar-refractivity contribution in [2.75, 3.05) is 13.1 Å². The number of nitrogens with zero attached hydrogens (tertiary/aromatic N) is 1. The van der Waals surface area contributed by atoms with Crippen LogP contribution in [0.15, 0.2) is 24.3 Å². The molecule has 7 nitrogen and oxygen atoms in total. The van der Waals surface area contributed by atoms with Crippen LogP contribution in [0.25, 0.3) is 0 Å². The van der Waals surface area contributed by atoms with Gasteiger partial charge in [0.05, 0.1) is 11.1 Å². The third-order valence-corrected chi connectivity index (χ3v) is 4.05. The van der Waals surface area contributed by atoms with Gasteiger partial charge in [-0.25, -0.2) is 0 Å². The first-order valence-electron chi connectivity index (χ1n) is 7.60. The van der Waals surface area contributed by atoms with Gasteiger partial charge in [-0.3, -0.25) is 24.1 Å². The largest absolute Gasteiger partial charge is 0.354 e. The van der Waals surface area contributed by atoms with Gasteiger partial charge in [0.2, 0.25) is 11.8 Å². The van der Waals surface area contributed by atoms with Gasteiger partial charge in [0.25, 0.3) is 11.8 Å². The number of carbonyl (C=O) groups excluding carboxylic acids is 4. The molecule has 1 saturated heterocycles. The second-order valence-corrected chi connectivity index (χ2v) is 5.65. The molecule has 120 valence electrons. The Bertz CT molecular complexity index is 651. The smallest absolute Gasteiger partial charge is 0.262 e. The van der Waals surface area contributed by atoms with Crippen LogP contribution in [0.3, 0.4) is 0 Å². The number of amides is 4. The zero-order chi connectivity index (χ0) is 16.4. The van der Waals surface area contributed by atoms with Gasteiger partial charge in [0.15, 0.2) is 0 Å². The third kappa shape index (κ3) is 2.94. The number of benzene rings is 1. The van der Waals surface area contributed by atoms with Crippen molar-refractivity contribution >= 4 is 23.6 Å². The van der Waals surface area contributed by atoms with Gasteiger partial charge in [-0.05, 0) is 31.4 Å². The van der Waals surface area contributed by atoms with Crippen molar-refractivity contribution in [1.82, 2.24) is 15.5 Å². The summed E-state index contributed by atoms with van der Waals surface area (Å²) < 4.78 is 0. The van der Waals surface area contributed by atoms with E-state index < -0.39 is 23.8 Å². The predicted octanol–water partition coefficient (Wildman–Crippen LogP) is 0.0675. The first kappa shape index (κ1) is 15.2. The Kier molecular flexibility index (Phi) is 4.10. The zero-order valence-corrected chi connectivity index (χ0v) is 12.5. The monoisotopic (exact) mass is 315 g/mol. The molecule has 2 heterocycles. The van der Waals surface area contributed by atoms with Gasteiger partial charge in [0.1, 0.15) is 12.6 Å². The van der Waals surface area contributed by atoms with Crippen LogP contribution in [0.5, 0.6) is 0 Å². The van der Waals surface area contributed by atoms with Crippen LogP contribution in [0.1, 0.15) is 40.0 Å². The minimum absolute atomic E-state index is 0.224. The summed E-state index contributed by atoms with van der Waals surface area (Å²) in [6.07, 6.45) is 2.26. The lowest BCUT2D eigenvalue weighted by atomic mass is 10.1. The summed E-state index contributed by atoms with van der Waals surface area (Å²) in [4.78, 5) is 49.3. The van der Waals surface area contributed by atoms with Crippen molar-refractivity contribution in [2.45, 2.75) is 25.3 Å². The SMILES string of the molecule is O=C(CN1C(=O)c2ccccc2C1=O)NC1CCCCNC1=O. The lowest BCUT2D eigenvalue weighted by molar-refractivity contribution is -0.128. The number of imide groups is 1. The van der Waals surface area contributed by atoms with E-state index in [1.54, 1.807) is 24.3 Å². The molecule has 1 aromatic carbocycles. The number of fused-ring (bicyclic) bond motifs is 1. The number of nitrogens with one attached hydrogen (secondary N) is 2. The number of carbonyl (C=O) groups is 4. The molecule has 1 fully saturated rings. The minimum Gasteiger partial charge on any atom is -0.354 e. The highest BCUT2D eigenvalue weighted by molar-refractivity contribution is 6.22. The normalized spacial score (nSPS) is 20.8. The number of hydrogen-bond acceptors (Lipinski definition) is 4. The van der Waals surface area contributed by atoms with Gasteiger partial charge >= 0.3 is 0 Å². The fraction of sp³-hybridized carbons (Fsp3) is 0.375. The Morgan fingerprint density at radius 3 is 2.43 bits per heavy atom. The van der Waals surface area contributed by atoms with Gasteiger partial charge in [-0.2, -0.15) is 0 Å². The molecule has 4 amide bonds. The summed E-state index contributed by atoms with van der Waals surface area (Å²) in [5.74, 6) is -1.70. The van der Waals surface area contributed by atoms with E-state index >= 15 is 0 Å². The highest BCUT2D eigenvalue weighted by atomic mass is 16.2. The predicted molar refractivity (Wildman–Crippen MR) is 80.6 cm³/mol. The van der Waals surface area contributed by atoms with Crippen LogP contribution in [-0.2, 0) is 9.59 Å². The Balaban J connectivity index is 1.66. The summed E-state index contributed by atoms with van der Waals surface area (Å²) in [6.45, 7) is 0.222. The lowest BCUT2D eigenvalue weighted by Crippen LogP contribution is -2.49. The maximum Gasteiger partial charge on any atom is 0.262 e. The summed E-state index contributed by atoms with van der Waals surface area (Å²) >= 11 is 0. The van der Waals surface area contributed by atoms with Crippen molar-refractivity contribution in [2.24, 2.45) is 0 Å². The van der Waals surface area contributed by atoms with E-state index in [0.29, 0.717) is 24.1 Å². The Morgan fingerprint density at radius 2 is 1.78 bits per heavy atom. The highest BCUT2D eigenvalue weighted by Crippen LogP contribution is 2.21. The van der Waals surface area contributed by atoms with E-state index in [9.17, 15) is 19.2 Å². The molecule has 2 N–H and O–H groups in total. The first-order chi connectivity index (χ1) is 11.1. The molecule has 2 aliphatic heterocycles. The molecule has 1 aromatic rings. The van der Waals surface area contributed by atoms with Crippen molar-refractivity contribution in [3.05, 3.63) is 35.4 Å². The maximum absolute atomic E-state index is 12.2. The molecule has 1 unspecified atom stereocenters. The molecule has 0 aliphatic carbocycles. The Labute approximate surface area is 133 Å². The fourth-order valence-corrected chi connectivity index (χ4v) is 2.84. The second-order valence-electron chi connectivity index (χ2n) is 5.65. The second kappa shape index (κ2) is 6.20. The van der Waals surface area contributed by atoms with E-state index in [1.165, 1.54) is 0 Å². The molecule has 0 spiro atoms. The van der Waals surface area contributed by atoms with E-state index in [1.807, 2.05) is 0 Å². The first-order valence-corrected chi connectivity index (χ1v) is 7.60. The number of rotatable bonds is 3. The lowest BCUT2D eigenvalue weighted by Gasteiger charge is -2.18. The molecule has 0 aromatic heterocycles. The quantitative estimate of drug-likeness (QED) is 0.772. The molecule has 3 rings (SSSR count). The molecule has 2 aliphatic rings. The minimum atomic E-state index is -0.611. The molecule has 1 atom stereocenters. The summed E-state index contributed by atoms with van der Waals surface area (Å²) in [5.41, 5.74) is 0.606.